The van der Waals surface area contributed by atoms with Crippen LogP contribution in [0.5, 0.6) is 0 Å². The van der Waals surface area contributed by atoms with Crippen LogP contribution in [0.1, 0.15) is 17.7 Å². The number of ether oxygens (including phenoxy) is 1. The molecule has 1 aromatic carbocycles. The second kappa shape index (κ2) is 10.7. The third kappa shape index (κ3) is 6.76. The first-order valence-corrected chi connectivity index (χ1v) is 8.56. The van der Waals surface area contributed by atoms with Crippen LogP contribution in [-0.2, 0) is 17.8 Å². The number of nitrogens with zero attached hydrogens (tertiary/aromatic N) is 1. The van der Waals surface area contributed by atoms with Crippen molar-refractivity contribution in [1.82, 2.24) is 10.6 Å². The Morgan fingerprint density at radius 1 is 1.24 bits per heavy atom. The van der Waals surface area contributed by atoms with Gasteiger partial charge in [0.25, 0.3) is 0 Å². The van der Waals surface area contributed by atoms with E-state index in [1.54, 1.807) is 25.4 Å². The van der Waals surface area contributed by atoms with Crippen LogP contribution < -0.4 is 10.6 Å². The molecule has 0 aliphatic carbocycles. The molecule has 0 aliphatic heterocycles. The number of furan rings is 1. The molecule has 0 fully saturated rings. The van der Waals surface area contributed by atoms with Gasteiger partial charge in [-0.15, -0.1) is 0 Å². The number of aliphatic imine (C=N–C) groups is 1. The van der Waals surface area contributed by atoms with Gasteiger partial charge in [0.15, 0.2) is 5.96 Å². The number of benzene rings is 1. The summed E-state index contributed by atoms with van der Waals surface area (Å²) < 4.78 is 24.4. The highest BCUT2D eigenvalue weighted by Crippen LogP contribution is 2.18. The first-order valence-electron chi connectivity index (χ1n) is 8.18. The van der Waals surface area contributed by atoms with Crippen molar-refractivity contribution in [3.8, 4) is 0 Å². The van der Waals surface area contributed by atoms with Crippen LogP contribution in [0.4, 0.5) is 4.39 Å². The maximum Gasteiger partial charge on any atom is 0.190 e. The average molecular weight is 368 g/mol. The topological polar surface area (TPSA) is 58.8 Å². The molecule has 2 aromatic rings. The molecule has 5 nitrogen and oxygen atoms in total. The Labute approximate surface area is 152 Å². The van der Waals surface area contributed by atoms with E-state index in [4.69, 9.17) is 20.8 Å². The Hall–Kier alpha value is -2.05. The fourth-order valence-electron chi connectivity index (χ4n) is 2.25. The summed E-state index contributed by atoms with van der Waals surface area (Å²) in [6.45, 7) is 2.35. The molecular formula is C18H23ClFN3O2. The summed E-state index contributed by atoms with van der Waals surface area (Å²) in [5.41, 5.74) is 0.512. The van der Waals surface area contributed by atoms with Crippen LogP contribution >= 0.6 is 11.6 Å². The van der Waals surface area contributed by atoms with Crippen LogP contribution in [0.25, 0.3) is 0 Å². The number of guanidine groups is 1. The minimum absolute atomic E-state index is 0.286. The van der Waals surface area contributed by atoms with Gasteiger partial charge in [-0.2, -0.15) is 0 Å². The predicted molar refractivity (Wildman–Crippen MR) is 97.5 cm³/mol. The number of rotatable bonds is 9. The summed E-state index contributed by atoms with van der Waals surface area (Å²) in [6, 6.07) is 8.42. The zero-order valence-electron chi connectivity index (χ0n) is 14.2. The smallest absolute Gasteiger partial charge is 0.190 e. The highest BCUT2D eigenvalue weighted by molar-refractivity contribution is 6.31. The zero-order chi connectivity index (χ0) is 17.9. The molecule has 2 rings (SSSR count). The van der Waals surface area contributed by atoms with E-state index in [-0.39, 0.29) is 5.82 Å². The van der Waals surface area contributed by atoms with Crippen LogP contribution in [0, 0.1) is 5.82 Å². The van der Waals surface area contributed by atoms with Gasteiger partial charge in [-0.25, -0.2) is 4.39 Å². The van der Waals surface area contributed by atoms with Gasteiger partial charge >= 0.3 is 0 Å². The van der Waals surface area contributed by atoms with Crippen LogP contribution in [-0.4, -0.2) is 32.7 Å². The van der Waals surface area contributed by atoms with Crippen molar-refractivity contribution >= 4 is 17.6 Å². The van der Waals surface area contributed by atoms with Gasteiger partial charge in [0.05, 0.1) is 6.26 Å². The molecule has 25 heavy (non-hydrogen) atoms. The summed E-state index contributed by atoms with van der Waals surface area (Å²) in [7, 11) is 1.69. The fourth-order valence-corrected chi connectivity index (χ4v) is 2.50. The third-order valence-corrected chi connectivity index (χ3v) is 3.89. The van der Waals surface area contributed by atoms with Crippen LogP contribution in [0.2, 0.25) is 5.02 Å². The van der Waals surface area contributed by atoms with Crippen molar-refractivity contribution in [3.05, 3.63) is 58.8 Å². The van der Waals surface area contributed by atoms with Crippen molar-refractivity contribution < 1.29 is 13.5 Å². The van der Waals surface area contributed by atoms with Crippen molar-refractivity contribution in [2.45, 2.75) is 19.4 Å². The maximum absolute atomic E-state index is 13.7. The summed E-state index contributed by atoms with van der Waals surface area (Å²) in [5, 5.41) is 6.77. The molecule has 7 heteroatoms. The normalized spacial score (nSPS) is 11.6. The second-order valence-electron chi connectivity index (χ2n) is 5.36. The molecule has 1 heterocycles. The van der Waals surface area contributed by atoms with E-state index in [2.05, 4.69) is 15.6 Å². The first kappa shape index (κ1) is 19.3. The lowest BCUT2D eigenvalue weighted by atomic mass is 10.1. The lowest BCUT2D eigenvalue weighted by molar-refractivity contribution is 0.105. The van der Waals surface area contributed by atoms with Gasteiger partial charge in [-0.1, -0.05) is 17.7 Å². The number of nitrogens with one attached hydrogen (secondary N) is 2. The Morgan fingerprint density at radius 2 is 2.08 bits per heavy atom. The van der Waals surface area contributed by atoms with Crippen LogP contribution in [0.15, 0.2) is 46.0 Å². The molecule has 0 bridgehead atoms. The fraction of sp³-hybridized carbons (Fsp3) is 0.389. The number of hydrogen-bond acceptors (Lipinski definition) is 3. The van der Waals surface area contributed by atoms with Gasteiger partial charge in [0.2, 0.25) is 0 Å². The van der Waals surface area contributed by atoms with E-state index in [0.717, 1.165) is 18.7 Å². The first-order chi connectivity index (χ1) is 12.2. The molecule has 0 spiro atoms. The third-order valence-electron chi connectivity index (χ3n) is 3.54. The van der Waals surface area contributed by atoms with E-state index in [9.17, 15) is 4.39 Å². The van der Waals surface area contributed by atoms with E-state index >= 15 is 0 Å². The summed E-state index contributed by atoms with van der Waals surface area (Å²) in [6.07, 6.45) is 2.95. The Balaban J connectivity index is 1.59. The van der Waals surface area contributed by atoms with Gasteiger partial charge < -0.3 is 19.8 Å². The Kier molecular flexibility index (Phi) is 8.28. The predicted octanol–water partition coefficient (Wildman–Crippen LogP) is 3.39. The second-order valence-corrected chi connectivity index (χ2v) is 5.77. The van der Waals surface area contributed by atoms with Crippen molar-refractivity contribution in [1.29, 1.82) is 0 Å². The summed E-state index contributed by atoms with van der Waals surface area (Å²) in [5.74, 6) is 1.20. The largest absolute Gasteiger partial charge is 0.467 e. The molecule has 0 radical (unpaired) electrons. The van der Waals surface area contributed by atoms with Crippen molar-refractivity contribution in [3.63, 3.8) is 0 Å². The minimum atomic E-state index is -0.286. The molecule has 0 atom stereocenters. The lowest BCUT2D eigenvalue weighted by Crippen LogP contribution is -2.39. The molecule has 136 valence electrons. The molecule has 0 saturated carbocycles. The van der Waals surface area contributed by atoms with E-state index in [0.29, 0.717) is 42.7 Å². The standard InChI is InChI=1S/C18H23ClFN3O2/c1-21-18(22-9-4-11-24-13-14-5-3-12-25-14)23-10-8-15-16(19)6-2-7-17(15)20/h2-3,5-7,12H,4,8-11,13H2,1H3,(H2,21,22,23). The van der Waals surface area contributed by atoms with E-state index in [1.807, 2.05) is 12.1 Å². The molecular weight excluding hydrogens is 345 g/mol. The minimum Gasteiger partial charge on any atom is -0.467 e. The lowest BCUT2D eigenvalue weighted by Gasteiger charge is -2.12. The quantitative estimate of drug-likeness (QED) is 0.405. The molecule has 1 aromatic heterocycles. The van der Waals surface area contributed by atoms with Crippen LogP contribution in [0.3, 0.4) is 0 Å². The summed E-state index contributed by atoms with van der Waals surface area (Å²) >= 11 is 6.01. The van der Waals surface area contributed by atoms with Crippen molar-refractivity contribution in [2.24, 2.45) is 4.99 Å². The van der Waals surface area contributed by atoms with Gasteiger partial charge in [-0.05, 0) is 37.1 Å². The maximum atomic E-state index is 13.7. The SMILES string of the molecule is CN=C(NCCCOCc1ccco1)NCCc1c(F)cccc1Cl. The van der Waals surface area contributed by atoms with Gasteiger partial charge in [0, 0.05) is 37.3 Å². The van der Waals surface area contributed by atoms with Gasteiger partial charge in [0.1, 0.15) is 18.2 Å². The molecule has 0 amide bonds. The summed E-state index contributed by atoms with van der Waals surface area (Å²) in [4.78, 5) is 4.13. The van der Waals surface area contributed by atoms with E-state index in [1.165, 1.54) is 6.07 Å². The van der Waals surface area contributed by atoms with Gasteiger partial charge in [-0.3, -0.25) is 4.99 Å². The number of hydrogen-bond donors (Lipinski definition) is 2. The van der Waals surface area contributed by atoms with E-state index < -0.39 is 0 Å². The zero-order valence-corrected chi connectivity index (χ0v) is 15.0. The average Bonchev–Trinajstić information content (AvgIpc) is 3.12. The highest BCUT2D eigenvalue weighted by Gasteiger charge is 2.06. The Morgan fingerprint density at radius 3 is 2.80 bits per heavy atom. The molecule has 0 unspecified atom stereocenters. The Bertz CT molecular complexity index is 642. The number of halogens is 2. The molecule has 2 N–H and O–H groups in total. The molecule has 0 aliphatic rings. The highest BCUT2D eigenvalue weighted by atomic mass is 35.5. The monoisotopic (exact) mass is 367 g/mol. The van der Waals surface area contributed by atoms with Crippen molar-refractivity contribution in [2.75, 3.05) is 26.7 Å². The molecule has 0 saturated heterocycles.